The Bertz CT molecular complexity index is 910. The third-order valence-electron chi connectivity index (χ3n) is 11.9. The summed E-state index contributed by atoms with van der Waals surface area (Å²) >= 11 is 0. The van der Waals surface area contributed by atoms with Gasteiger partial charge in [0.1, 0.15) is 5.78 Å². The predicted octanol–water partition coefficient (Wildman–Crippen LogP) is 7.70. The van der Waals surface area contributed by atoms with Crippen molar-refractivity contribution in [3.8, 4) is 0 Å². The van der Waals surface area contributed by atoms with Crippen LogP contribution in [0.4, 0.5) is 0 Å². The fraction of sp³-hybridized carbons (Fsp3) is 0.806. The summed E-state index contributed by atoms with van der Waals surface area (Å²) in [6.07, 6.45) is 14.8. The van der Waals surface area contributed by atoms with Gasteiger partial charge in [0.25, 0.3) is 0 Å². The number of rotatable bonds is 5. The Morgan fingerprint density at radius 1 is 1.15 bits per heavy atom. The van der Waals surface area contributed by atoms with Crippen LogP contribution in [-0.4, -0.2) is 18.9 Å². The molecule has 3 saturated carbocycles. The number of hydrogen-bond acceptors (Lipinski definition) is 3. The van der Waals surface area contributed by atoms with Crippen LogP contribution >= 0.6 is 0 Å². The van der Waals surface area contributed by atoms with Crippen molar-refractivity contribution >= 4 is 11.8 Å². The zero-order valence-electron chi connectivity index (χ0n) is 23.1. The summed E-state index contributed by atoms with van der Waals surface area (Å²) in [5.41, 5.74) is 3.14. The highest BCUT2D eigenvalue weighted by molar-refractivity contribution is 5.87. The first-order valence-electron chi connectivity index (χ1n) is 13.8. The van der Waals surface area contributed by atoms with Crippen LogP contribution in [0.25, 0.3) is 0 Å². The lowest BCUT2D eigenvalue weighted by atomic mass is 9.41. The summed E-state index contributed by atoms with van der Waals surface area (Å²) in [4.78, 5) is 24.5. The van der Waals surface area contributed by atoms with Crippen molar-refractivity contribution in [3.63, 3.8) is 0 Å². The number of hydrogen-bond donors (Lipinski definition) is 0. The van der Waals surface area contributed by atoms with E-state index in [9.17, 15) is 9.59 Å². The van der Waals surface area contributed by atoms with Crippen LogP contribution in [0.3, 0.4) is 0 Å². The van der Waals surface area contributed by atoms with E-state index in [-0.39, 0.29) is 22.2 Å². The third kappa shape index (κ3) is 3.58. The highest BCUT2D eigenvalue weighted by Crippen LogP contribution is 2.73. The van der Waals surface area contributed by atoms with Gasteiger partial charge in [-0.2, -0.15) is 0 Å². The maximum Gasteiger partial charge on any atom is 0.333 e. The van der Waals surface area contributed by atoms with E-state index in [1.807, 2.05) is 6.92 Å². The van der Waals surface area contributed by atoms with Gasteiger partial charge in [0, 0.05) is 17.4 Å². The molecule has 3 heteroatoms. The van der Waals surface area contributed by atoms with E-state index in [1.165, 1.54) is 32.8 Å². The molecule has 0 aromatic carbocycles. The van der Waals surface area contributed by atoms with Crippen LogP contribution in [0.1, 0.15) is 106 Å². The van der Waals surface area contributed by atoms with Gasteiger partial charge in [0.05, 0.1) is 7.11 Å². The monoisotopic (exact) mass is 468 g/mol. The van der Waals surface area contributed by atoms with E-state index in [1.54, 1.807) is 5.57 Å². The first-order valence-corrected chi connectivity index (χ1v) is 13.8. The summed E-state index contributed by atoms with van der Waals surface area (Å²) in [6, 6.07) is 0. The Balaban J connectivity index is 1.56. The van der Waals surface area contributed by atoms with Gasteiger partial charge in [0.15, 0.2) is 0 Å². The van der Waals surface area contributed by atoms with Gasteiger partial charge in [-0.3, -0.25) is 4.79 Å². The summed E-state index contributed by atoms with van der Waals surface area (Å²) in [7, 11) is 1.45. The molecule has 0 N–H and O–H groups in total. The van der Waals surface area contributed by atoms with E-state index in [0.717, 1.165) is 43.6 Å². The lowest BCUT2D eigenvalue weighted by Crippen LogP contribution is -2.57. The molecule has 0 aromatic rings. The van der Waals surface area contributed by atoms with Gasteiger partial charge in [0.2, 0.25) is 0 Å². The number of carbonyl (C=O) groups excluding carboxylic acids is 2. The molecule has 0 aliphatic heterocycles. The van der Waals surface area contributed by atoms with Gasteiger partial charge in [-0.25, -0.2) is 4.79 Å². The summed E-state index contributed by atoms with van der Waals surface area (Å²) in [5, 5.41) is 0. The average molecular weight is 469 g/mol. The standard InChI is InChI=1S/C31H48O3/c1-20(10-9-11-21(2)27(33)34-8)22-14-18-31(7)24-12-13-25-28(3,4)26(32)16-17-29(25,5)23(24)15-19-30(22,31)6/h11-12,20,22-23,25H,9-10,13-19H2,1-8H3/b21-11-/t20?,22-,23?,25?,29+,30-,31+/m0/s1. The number of ketones is 1. The lowest BCUT2D eigenvalue weighted by molar-refractivity contribution is -0.146. The number of esters is 1. The minimum atomic E-state index is -0.213. The molecule has 7 atom stereocenters. The van der Waals surface area contributed by atoms with Crippen LogP contribution in [-0.2, 0) is 14.3 Å². The highest BCUT2D eigenvalue weighted by Gasteiger charge is 2.65. The molecule has 3 fully saturated rings. The van der Waals surface area contributed by atoms with Crippen molar-refractivity contribution in [1.29, 1.82) is 0 Å². The molecule has 4 rings (SSSR count). The Morgan fingerprint density at radius 3 is 2.53 bits per heavy atom. The number of methoxy groups -OCH3 is 1. The zero-order valence-corrected chi connectivity index (χ0v) is 23.1. The SMILES string of the molecule is COC(=O)/C(C)=C\CCC(C)[C@@H]1CC[C@]2(C)C3=CCC4C(C)(C)C(=O)CC[C@]4(C)C3CC[C@@]12C. The third-order valence-corrected chi connectivity index (χ3v) is 11.9. The van der Waals surface area contributed by atoms with Crippen molar-refractivity contribution in [2.75, 3.05) is 7.11 Å². The Labute approximate surface area is 208 Å². The molecule has 0 saturated heterocycles. The van der Waals surface area contributed by atoms with Crippen LogP contribution in [0.2, 0.25) is 0 Å². The number of ether oxygens (including phenoxy) is 1. The fourth-order valence-corrected chi connectivity index (χ4v) is 9.47. The van der Waals surface area contributed by atoms with Crippen LogP contribution in [0.5, 0.6) is 0 Å². The van der Waals surface area contributed by atoms with Crippen molar-refractivity contribution in [2.45, 2.75) is 106 Å². The van der Waals surface area contributed by atoms with E-state index in [0.29, 0.717) is 29.0 Å². The summed E-state index contributed by atoms with van der Waals surface area (Å²) in [5.74, 6) is 2.74. The smallest absolute Gasteiger partial charge is 0.333 e. The molecule has 3 unspecified atom stereocenters. The van der Waals surface area contributed by atoms with E-state index in [2.05, 4.69) is 53.7 Å². The molecule has 0 radical (unpaired) electrons. The molecule has 4 aliphatic rings. The lowest BCUT2D eigenvalue weighted by Gasteiger charge is -2.63. The molecule has 3 nitrogen and oxygen atoms in total. The fourth-order valence-electron chi connectivity index (χ4n) is 9.47. The second-order valence-corrected chi connectivity index (χ2v) is 13.5. The number of allylic oxidation sites excluding steroid dienone is 3. The average Bonchev–Trinajstić information content (AvgIpc) is 3.07. The number of carbonyl (C=O) groups is 2. The van der Waals surface area contributed by atoms with Gasteiger partial charge in [-0.05, 0) is 98.2 Å². The van der Waals surface area contributed by atoms with Gasteiger partial charge < -0.3 is 4.74 Å². The number of fused-ring (bicyclic) bond motifs is 5. The Morgan fingerprint density at radius 2 is 1.85 bits per heavy atom. The normalized spacial score (nSPS) is 42.2. The van der Waals surface area contributed by atoms with E-state index < -0.39 is 0 Å². The second kappa shape index (κ2) is 8.63. The molecule has 190 valence electrons. The quantitative estimate of drug-likeness (QED) is 0.236. The van der Waals surface area contributed by atoms with Crippen molar-refractivity contribution in [2.24, 2.45) is 45.3 Å². The topological polar surface area (TPSA) is 43.4 Å². The van der Waals surface area contributed by atoms with Crippen LogP contribution in [0.15, 0.2) is 23.3 Å². The molecular formula is C31H48O3. The first-order chi connectivity index (χ1) is 15.8. The molecule has 0 aromatic heterocycles. The van der Waals surface area contributed by atoms with Crippen molar-refractivity contribution in [3.05, 3.63) is 23.3 Å². The van der Waals surface area contributed by atoms with Gasteiger partial charge in [-0.1, -0.05) is 59.3 Å². The summed E-state index contributed by atoms with van der Waals surface area (Å²) < 4.78 is 4.85. The minimum absolute atomic E-state index is 0.195. The maximum atomic E-state index is 12.8. The van der Waals surface area contributed by atoms with Crippen LogP contribution in [0, 0.1) is 45.3 Å². The predicted molar refractivity (Wildman–Crippen MR) is 138 cm³/mol. The zero-order chi connectivity index (χ0) is 25.1. The first kappa shape index (κ1) is 25.7. The molecule has 34 heavy (non-hydrogen) atoms. The number of Topliss-reactive ketones (excluding diaryl/α,β-unsaturated/α-hetero) is 1. The molecule has 0 spiro atoms. The Kier molecular flexibility index (Phi) is 6.52. The van der Waals surface area contributed by atoms with Crippen LogP contribution < -0.4 is 0 Å². The molecule has 0 bridgehead atoms. The largest absolute Gasteiger partial charge is 0.466 e. The van der Waals surface area contributed by atoms with E-state index in [4.69, 9.17) is 4.74 Å². The molecule has 4 aliphatic carbocycles. The van der Waals surface area contributed by atoms with Gasteiger partial charge in [-0.15, -0.1) is 0 Å². The molecule has 0 amide bonds. The summed E-state index contributed by atoms with van der Waals surface area (Å²) in [6.45, 7) is 16.4. The van der Waals surface area contributed by atoms with Crippen molar-refractivity contribution < 1.29 is 14.3 Å². The van der Waals surface area contributed by atoms with E-state index >= 15 is 0 Å². The second-order valence-electron chi connectivity index (χ2n) is 13.5. The molecular weight excluding hydrogens is 420 g/mol. The Hall–Kier alpha value is -1.38. The highest BCUT2D eigenvalue weighted by atomic mass is 16.5. The van der Waals surface area contributed by atoms with Crippen molar-refractivity contribution in [1.82, 2.24) is 0 Å². The van der Waals surface area contributed by atoms with Gasteiger partial charge >= 0.3 is 5.97 Å². The maximum absolute atomic E-state index is 12.8. The molecule has 0 heterocycles. The minimum Gasteiger partial charge on any atom is -0.466 e.